The fraction of sp³-hybridized carbons (Fsp3) is 0.179. The van der Waals surface area contributed by atoms with Crippen molar-refractivity contribution in [3.8, 4) is 11.5 Å². The van der Waals surface area contributed by atoms with Crippen molar-refractivity contribution in [3.63, 3.8) is 0 Å². The molecule has 1 N–H and O–H groups in total. The number of ether oxygens (including phenoxy) is 2. The molecule has 3 aromatic carbocycles. The summed E-state index contributed by atoms with van der Waals surface area (Å²) in [5, 5.41) is 2.39. The molecule has 0 bridgehead atoms. The van der Waals surface area contributed by atoms with Gasteiger partial charge in [-0.1, -0.05) is 35.9 Å². The Morgan fingerprint density at radius 1 is 1.08 bits per heavy atom. The van der Waals surface area contributed by atoms with Crippen molar-refractivity contribution in [3.05, 3.63) is 93.1 Å². The Morgan fingerprint density at radius 3 is 2.61 bits per heavy atom. The van der Waals surface area contributed by atoms with Gasteiger partial charge in [-0.25, -0.2) is 4.39 Å². The zero-order valence-corrected chi connectivity index (χ0v) is 22.2. The van der Waals surface area contributed by atoms with Crippen LogP contribution in [0.15, 0.2) is 65.6 Å². The first-order valence-corrected chi connectivity index (χ1v) is 12.9. The number of imide groups is 1. The first-order chi connectivity index (χ1) is 18.2. The van der Waals surface area contributed by atoms with E-state index in [4.69, 9.17) is 21.1 Å². The van der Waals surface area contributed by atoms with Crippen LogP contribution in [0.1, 0.15) is 23.6 Å². The van der Waals surface area contributed by atoms with Crippen LogP contribution in [0.5, 0.6) is 11.5 Å². The molecule has 7 nitrogen and oxygen atoms in total. The highest BCUT2D eigenvalue weighted by atomic mass is 35.5. The Kier molecular flexibility index (Phi) is 8.70. The zero-order valence-electron chi connectivity index (χ0n) is 20.6. The van der Waals surface area contributed by atoms with Gasteiger partial charge >= 0.3 is 0 Å². The van der Waals surface area contributed by atoms with E-state index in [0.29, 0.717) is 29.4 Å². The Bertz CT molecular complexity index is 1410. The lowest BCUT2D eigenvalue weighted by atomic mass is 10.1. The molecule has 1 saturated heterocycles. The van der Waals surface area contributed by atoms with Crippen LogP contribution in [0.2, 0.25) is 5.02 Å². The number of rotatable bonds is 9. The molecule has 0 unspecified atom stereocenters. The van der Waals surface area contributed by atoms with Gasteiger partial charge in [0, 0.05) is 16.3 Å². The van der Waals surface area contributed by atoms with Crippen LogP contribution in [-0.4, -0.2) is 35.2 Å². The van der Waals surface area contributed by atoms with E-state index >= 15 is 0 Å². The number of thioether (sulfide) groups is 1. The van der Waals surface area contributed by atoms with E-state index in [0.717, 1.165) is 22.2 Å². The highest BCUT2D eigenvalue weighted by Gasteiger charge is 2.36. The number of amides is 3. The topological polar surface area (TPSA) is 84.9 Å². The average molecular weight is 555 g/mol. The van der Waals surface area contributed by atoms with Crippen molar-refractivity contribution in [1.82, 2.24) is 4.90 Å². The number of halogens is 2. The standard InChI is InChI=1S/C28H24ClFN2O5S/c1-3-36-24-13-18(10-11-23(24)37-16-26(33)31-19-7-4-6-17(2)12-19)14-25-27(34)32(28(35)38-25)15-20-21(29)8-5-9-22(20)30/h4-14H,3,15-16H2,1-2H3,(H,31,33)/b25-14-. The van der Waals surface area contributed by atoms with Crippen LogP contribution in [0, 0.1) is 12.7 Å². The van der Waals surface area contributed by atoms with E-state index in [1.807, 2.05) is 25.1 Å². The number of hydrogen-bond donors (Lipinski definition) is 1. The van der Waals surface area contributed by atoms with Gasteiger partial charge in [-0.2, -0.15) is 0 Å². The van der Waals surface area contributed by atoms with E-state index < -0.39 is 17.0 Å². The zero-order chi connectivity index (χ0) is 27.2. The van der Waals surface area contributed by atoms with Crippen LogP contribution >= 0.6 is 23.4 Å². The average Bonchev–Trinajstić information content (AvgIpc) is 3.13. The Morgan fingerprint density at radius 2 is 1.87 bits per heavy atom. The summed E-state index contributed by atoms with van der Waals surface area (Å²) in [6.45, 7) is 3.58. The first-order valence-electron chi connectivity index (χ1n) is 11.7. The second-order valence-corrected chi connectivity index (χ2v) is 9.71. The van der Waals surface area contributed by atoms with Crippen LogP contribution < -0.4 is 14.8 Å². The van der Waals surface area contributed by atoms with Crippen molar-refractivity contribution in [2.24, 2.45) is 0 Å². The van der Waals surface area contributed by atoms with Crippen molar-refractivity contribution in [2.75, 3.05) is 18.5 Å². The highest BCUT2D eigenvalue weighted by Crippen LogP contribution is 2.36. The number of carbonyl (C=O) groups is 3. The number of anilines is 1. The molecular weight excluding hydrogens is 531 g/mol. The molecule has 3 amide bonds. The van der Waals surface area contributed by atoms with E-state index in [1.54, 1.807) is 37.3 Å². The summed E-state index contributed by atoms with van der Waals surface area (Å²) in [5.74, 6) is -0.742. The minimum Gasteiger partial charge on any atom is -0.490 e. The summed E-state index contributed by atoms with van der Waals surface area (Å²) in [5.41, 5.74) is 2.35. The molecule has 1 fully saturated rings. The monoisotopic (exact) mass is 554 g/mol. The van der Waals surface area contributed by atoms with Crippen LogP contribution in [0.25, 0.3) is 6.08 Å². The minimum absolute atomic E-state index is 0.0734. The molecule has 3 aromatic rings. The lowest BCUT2D eigenvalue weighted by Crippen LogP contribution is -2.28. The molecule has 4 rings (SSSR count). The molecule has 0 radical (unpaired) electrons. The number of hydrogen-bond acceptors (Lipinski definition) is 6. The van der Waals surface area contributed by atoms with Gasteiger partial charge < -0.3 is 14.8 Å². The Hall–Kier alpha value is -3.82. The molecule has 0 aromatic heterocycles. The molecule has 0 spiro atoms. The third-order valence-electron chi connectivity index (χ3n) is 5.48. The first kappa shape index (κ1) is 27.2. The minimum atomic E-state index is -0.593. The van der Waals surface area contributed by atoms with Crippen LogP contribution in [0.3, 0.4) is 0 Å². The SMILES string of the molecule is CCOc1cc(/C=C2\SC(=O)N(Cc3c(F)cccc3Cl)C2=O)ccc1OCC(=O)Nc1cccc(C)c1. The molecule has 1 aliphatic heterocycles. The highest BCUT2D eigenvalue weighted by molar-refractivity contribution is 8.18. The number of aryl methyl sites for hydroxylation is 1. The van der Waals surface area contributed by atoms with Crippen molar-refractivity contribution in [1.29, 1.82) is 0 Å². The molecule has 38 heavy (non-hydrogen) atoms. The van der Waals surface area contributed by atoms with Gasteiger partial charge in [-0.05, 0) is 79.2 Å². The number of benzene rings is 3. The van der Waals surface area contributed by atoms with E-state index in [9.17, 15) is 18.8 Å². The van der Waals surface area contributed by atoms with Crippen LogP contribution in [-0.2, 0) is 16.1 Å². The third kappa shape index (κ3) is 6.54. The molecule has 1 heterocycles. The van der Waals surface area contributed by atoms with Crippen LogP contribution in [0.4, 0.5) is 14.9 Å². The lowest BCUT2D eigenvalue weighted by molar-refractivity contribution is -0.123. The normalized spacial score (nSPS) is 14.2. The van der Waals surface area contributed by atoms with E-state index in [1.165, 1.54) is 18.2 Å². The maximum Gasteiger partial charge on any atom is 0.293 e. The maximum atomic E-state index is 14.2. The fourth-order valence-electron chi connectivity index (χ4n) is 3.69. The fourth-order valence-corrected chi connectivity index (χ4v) is 4.76. The van der Waals surface area contributed by atoms with Gasteiger partial charge in [0.15, 0.2) is 18.1 Å². The predicted molar refractivity (Wildman–Crippen MR) is 146 cm³/mol. The van der Waals surface area contributed by atoms with Crippen molar-refractivity contribution >= 4 is 52.2 Å². The van der Waals surface area contributed by atoms with Gasteiger partial charge in [0.2, 0.25) is 0 Å². The van der Waals surface area contributed by atoms with E-state index in [-0.39, 0.29) is 34.6 Å². The maximum absolute atomic E-state index is 14.2. The molecule has 196 valence electrons. The van der Waals surface area contributed by atoms with Crippen molar-refractivity contribution in [2.45, 2.75) is 20.4 Å². The Balaban J connectivity index is 1.46. The number of nitrogens with one attached hydrogen (secondary N) is 1. The summed E-state index contributed by atoms with van der Waals surface area (Å²) in [7, 11) is 0. The van der Waals surface area contributed by atoms with Gasteiger partial charge in [0.05, 0.1) is 18.1 Å². The third-order valence-corrected chi connectivity index (χ3v) is 6.74. The number of carbonyl (C=O) groups excluding carboxylic acids is 3. The summed E-state index contributed by atoms with van der Waals surface area (Å²) >= 11 is 6.82. The van der Waals surface area contributed by atoms with Gasteiger partial charge in [-0.15, -0.1) is 0 Å². The van der Waals surface area contributed by atoms with E-state index in [2.05, 4.69) is 5.32 Å². The Labute approximate surface area is 228 Å². The molecule has 0 atom stereocenters. The second kappa shape index (κ2) is 12.1. The molecule has 0 saturated carbocycles. The molecule has 1 aliphatic rings. The largest absolute Gasteiger partial charge is 0.490 e. The van der Waals surface area contributed by atoms with Crippen molar-refractivity contribution < 1.29 is 28.2 Å². The summed E-state index contributed by atoms with van der Waals surface area (Å²) < 4.78 is 25.5. The summed E-state index contributed by atoms with van der Waals surface area (Å²) in [6.07, 6.45) is 1.55. The smallest absolute Gasteiger partial charge is 0.293 e. The van der Waals surface area contributed by atoms with Gasteiger partial charge in [0.1, 0.15) is 5.82 Å². The predicted octanol–water partition coefficient (Wildman–Crippen LogP) is 6.44. The lowest BCUT2D eigenvalue weighted by Gasteiger charge is -2.14. The molecular formula is C28H24ClFN2O5S. The van der Waals surface area contributed by atoms with Gasteiger partial charge in [-0.3, -0.25) is 19.3 Å². The summed E-state index contributed by atoms with van der Waals surface area (Å²) in [6, 6.07) is 16.6. The summed E-state index contributed by atoms with van der Waals surface area (Å²) in [4.78, 5) is 38.9. The molecule has 0 aliphatic carbocycles. The quantitative estimate of drug-likeness (QED) is 0.306. The van der Waals surface area contributed by atoms with Gasteiger partial charge in [0.25, 0.3) is 17.1 Å². The second-order valence-electron chi connectivity index (χ2n) is 8.31. The molecule has 10 heteroatoms. The number of nitrogens with zero attached hydrogens (tertiary/aromatic N) is 1.